The molecule has 0 bridgehead atoms. The van der Waals surface area contributed by atoms with Crippen molar-refractivity contribution in [1.29, 1.82) is 0 Å². The molecule has 4 heteroatoms. The molecule has 1 N–H and O–H groups in total. The summed E-state index contributed by atoms with van der Waals surface area (Å²) in [4.78, 5) is 13.7. The fraction of sp³-hybridized carbons (Fsp3) is 0.500. The highest BCUT2D eigenvalue weighted by Gasteiger charge is 2.24. The molecule has 0 amide bonds. The fourth-order valence-electron chi connectivity index (χ4n) is 2.91. The summed E-state index contributed by atoms with van der Waals surface area (Å²) < 4.78 is 0. The Balaban J connectivity index is 2.08. The van der Waals surface area contributed by atoms with E-state index in [0.717, 1.165) is 30.0 Å². The van der Waals surface area contributed by atoms with E-state index in [4.69, 9.17) is 4.98 Å². The number of pyridine rings is 1. The topological polar surface area (TPSA) is 50.7 Å². The molecule has 0 aromatic carbocycles. The Morgan fingerprint density at radius 1 is 1.18 bits per heavy atom. The number of aromatic nitrogens is 3. The molecular formula is C18H24N4. The second-order valence-corrected chi connectivity index (χ2v) is 7.02. The fourth-order valence-corrected chi connectivity index (χ4v) is 2.91. The van der Waals surface area contributed by atoms with Gasteiger partial charge in [0.25, 0.3) is 0 Å². The normalized spacial score (nSPS) is 19.1. The molecule has 3 heterocycles. The molecule has 116 valence electrons. The van der Waals surface area contributed by atoms with Crippen LogP contribution in [-0.2, 0) is 5.41 Å². The molecule has 22 heavy (non-hydrogen) atoms. The number of hydrogen-bond acceptors (Lipinski definition) is 4. The van der Waals surface area contributed by atoms with Crippen LogP contribution in [0.4, 0.5) is 0 Å². The number of nitrogens with one attached hydrogen (secondary N) is 1. The minimum Gasteiger partial charge on any atom is -0.316 e. The molecule has 2 aromatic heterocycles. The highest BCUT2D eigenvalue weighted by atomic mass is 14.9. The summed E-state index contributed by atoms with van der Waals surface area (Å²) in [5, 5.41) is 3.50. The van der Waals surface area contributed by atoms with Crippen molar-refractivity contribution >= 4 is 0 Å². The number of nitrogens with zero attached hydrogens (tertiary/aromatic N) is 3. The second kappa shape index (κ2) is 6.13. The first-order chi connectivity index (χ1) is 10.6. The van der Waals surface area contributed by atoms with Crippen molar-refractivity contribution in [3.05, 3.63) is 42.2 Å². The van der Waals surface area contributed by atoms with Gasteiger partial charge in [-0.25, -0.2) is 9.97 Å². The highest BCUT2D eigenvalue weighted by molar-refractivity contribution is 5.65. The zero-order chi connectivity index (χ0) is 15.6. The standard InChI is InChI=1S/C18H24N4/c1-18(2,3)17-21-12-15(13-6-9-19-10-7-13)16(22-17)14-5-4-8-20-11-14/h6-7,9-10,12,14,20H,4-5,8,11H2,1-3H3. The number of rotatable bonds is 2. The highest BCUT2D eigenvalue weighted by Crippen LogP contribution is 2.32. The van der Waals surface area contributed by atoms with Gasteiger partial charge < -0.3 is 5.32 Å². The zero-order valence-corrected chi connectivity index (χ0v) is 13.6. The molecule has 1 fully saturated rings. The summed E-state index contributed by atoms with van der Waals surface area (Å²) in [5.41, 5.74) is 3.44. The first-order valence-corrected chi connectivity index (χ1v) is 8.04. The molecule has 0 radical (unpaired) electrons. The van der Waals surface area contributed by atoms with Crippen LogP contribution >= 0.6 is 0 Å². The van der Waals surface area contributed by atoms with Gasteiger partial charge in [-0.15, -0.1) is 0 Å². The van der Waals surface area contributed by atoms with Crippen LogP contribution in [0.15, 0.2) is 30.7 Å². The average Bonchev–Trinajstić information content (AvgIpc) is 2.55. The summed E-state index contributed by atoms with van der Waals surface area (Å²) in [5.74, 6) is 1.38. The maximum atomic E-state index is 4.97. The van der Waals surface area contributed by atoms with Crippen molar-refractivity contribution in [2.75, 3.05) is 13.1 Å². The molecule has 0 aliphatic carbocycles. The third-order valence-electron chi connectivity index (χ3n) is 4.16. The molecule has 1 aliphatic heterocycles. The van der Waals surface area contributed by atoms with Crippen LogP contribution in [0.5, 0.6) is 0 Å². The van der Waals surface area contributed by atoms with Crippen LogP contribution in [0.1, 0.15) is 51.0 Å². The van der Waals surface area contributed by atoms with E-state index in [2.05, 4.69) is 36.1 Å². The van der Waals surface area contributed by atoms with Crippen LogP contribution in [0, 0.1) is 0 Å². The maximum absolute atomic E-state index is 4.97. The van der Waals surface area contributed by atoms with E-state index in [-0.39, 0.29) is 5.41 Å². The molecule has 4 nitrogen and oxygen atoms in total. The van der Waals surface area contributed by atoms with E-state index >= 15 is 0 Å². The Kier molecular flexibility index (Phi) is 4.21. The van der Waals surface area contributed by atoms with E-state index in [1.807, 2.05) is 30.7 Å². The van der Waals surface area contributed by atoms with Crippen LogP contribution in [0.2, 0.25) is 0 Å². The van der Waals surface area contributed by atoms with Crippen molar-refractivity contribution < 1.29 is 0 Å². The Labute approximate surface area is 132 Å². The van der Waals surface area contributed by atoms with Crippen LogP contribution in [0.3, 0.4) is 0 Å². The van der Waals surface area contributed by atoms with Gasteiger partial charge in [-0.2, -0.15) is 0 Å². The lowest BCUT2D eigenvalue weighted by Gasteiger charge is -2.26. The first kappa shape index (κ1) is 15.1. The van der Waals surface area contributed by atoms with Crippen molar-refractivity contribution in [3.8, 4) is 11.1 Å². The van der Waals surface area contributed by atoms with Crippen molar-refractivity contribution in [1.82, 2.24) is 20.3 Å². The van der Waals surface area contributed by atoms with Crippen LogP contribution in [-0.4, -0.2) is 28.0 Å². The number of hydrogen-bond donors (Lipinski definition) is 1. The van der Waals surface area contributed by atoms with E-state index in [1.54, 1.807) is 0 Å². The Hall–Kier alpha value is -1.81. The Morgan fingerprint density at radius 2 is 1.95 bits per heavy atom. The van der Waals surface area contributed by atoms with Crippen molar-refractivity contribution in [2.45, 2.75) is 44.9 Å². The molecular weight excluding hydrogens is 272 g/mol. The predicted molar refractivity (Wildman–Crippen MR) is 88.8 cm³/mol. The van der Waals surface area contributed by atoms with Crippen LogP contribution < -0.4 is 5.32 Å². The quantitative estimate of drug-likeness (QED) is 0.924. The average molecular weight is 296 g/mol. The third kappa shape index (κ3) is 3.17. The lowest BCUT2D eigenvalue weighted by Crippen LogP contribution is -2.30. The van der Waals surface area contributed by atoms with Gasteiger partial charge in [0, 0.05) is 42.0 Å². The molecule has 1 saturated heterocycles. The molecule has 0 spiro atoms. The summed E-state index contributed by atoms with van der Waals surface area (Å²) in [7, 11) is 0. The van der Waals surface area contributed by atoms with E-state index in [1.165, 1.54) is 18.5 Å². The predicted octanol–water partition coefficient (Wildman–Crippen LogP) is 3.30. The lowest BCUT2D eigenvalue weighted by atomic mass is 9.89. The molecule has 1 atom stereocenters. The summed E-state index contributed by atoms with van der Waals surface area (Å²) >= 11 is 0. The van der Waals surface area contributed by atoms with Crippen molar-refractivity contribution in [2.24, 2.45) is 0 Å². The zero-order valence-electron chi connectivity index (χ0n) is 13.6. The molecule has 1 aliphatic rings. The van der Waals surface area contributed by atoms with Gasteiger partial charge in [-0.05, 0) is 37.1 Å². The van der Waals surface area contributed by atoms with Crippen molar-refractivity contribution in [3.63, 3.8) is 0 Å². The second-order valence-electron chi connectivity index (χ2n) is 7.02. The molecule has 0 saturated carbocycles. The minimum absolute atomic E-state index is 0.0341. The molecule has 3 rings (SSSR count). The van der Waals surface area contributed by atoms with Gasteiger partial charge in [0.05, 0.1) is 5.69 Å². The van der Waals surface area contributed by atoms with E-state index < -0.39 is 0 Å². The Morgan fingerprint density at radius 3 is 2.59 bits per heavy atom. The maximum Gasteiger partial charge on any atom is 0.133 e. The Bertz CT molecular complexity index is 625. The smallest absolute Gasteiger partial charge is 0.133 e. The van der Waals surface area contributed by atoms with Crippen LogP contribution in [0.25, 0.3) is 11.1 Å². The molecule has 1 unspecified atom stereocenters. The summed E-state index contributed by atoms with van der Waals surface area (Å²) in [6, 6.07) is 4.07. The third-order valence-corrected chi connectivity index (χ3v) is 4.16. The van der Waals surface area contributed by atoms with Gasteiger partial charge in [0.1, 0.15) is 5.82 Å². The van der Waals surface area contributed by atoms with Gasteiger partial charge in [0.15, 0.2) is 0 Å². The first-order valence-electron chi connectivity index (χ1n) is 8.04. The minimum atomic E-state index is -0.0341. The van der Waals surface area contributed by atoms with Gasteiger partial charge in [-0.3, -0.25) is 4.98 Å². The summed E-state index contributed by atoms with van der Waals surface area (Å²) in [6.45, 7) is 8.60. The van der Waals surface area contributed by atoms with E-state index in [9.17, 15) is 0 Å². The summed E-state index contributed by atoms with van der Waals surface area (Å²) in [6.07, 6.45) is 8.04. The lowest BCUT2D eigenvalue weighted by molar-refractivity contribution is 0.449. The van der Waals surface area contributed by atoms with Gasteiger partial charge >= 0.3 is 0 Å². The number of piperidine rings is 1. The largest absolute Gasteiger partial charge is 0.316 e. The SMILES string of the molecule is CC(C)(C)c1ncc(-c2ccncc2)c(C2CCCNC2)n1. The van der Waals surface area contributed by atoms with Gasteiger partial charge in [-0.1, -0.05) is 20.8 Å². The monoisotopic (exact) mass is 296 g/mol. The van der Waals surface area contributed by atoms with Gasteiger partial charge in [0.2, 0.25) is 0 Å². The van der Waals surface area contributed by atoms with E-state index in [0.29, 0.717) is 5.92 Å². The molecule has 2 aromatic rings.